The van der Waals surface area contributed by atoms with Gasteiger partial charge in [-0.2, -0.15) is 0 Å². The first-order chi connectivity index (χ1) is 10.5. The summed E-state index contributed by atoms with van der Waals surface area (Å²) >= 11 is 2.62. The molecule has 0 aromatic carbocycles. The molecular formula is C20H35IO. The molecule has 3 aliphatic carbocycles. The van der Waals surface area contributed by atoms with Crippen LogP contribution in [-0.2, 0) is 4.74 Å². The molecule has 3 rings (SSSR count). The molecule has 0 amide bonds. The van der Waals surface area contributed by atoms with Crippen molar-refractivity contribution in [2.45, 2.75) is 88.6 Å². The van der Waals surface area contributed by atoms with Crippen molar-refractivity contribution < 1.29 is 4.74 Å². The van der Waals surface area contributed by atoms with E-state index in [1.54, 1.807) is 0 Å². The van der Waals surface area contributed by atoms with Gasteiger partial charge in [-0.1, -0.05) is 68.5 Å². The van der Waals surface area contributed by atoms with Crippen LogP contribution in [0.3, 0.4) is 0 Å². The maximum atomic E-state index is 6.37. The molecular weight excluding hydrogens is 383 g/mol. The molecule has 0 spiro atoms. The highest BCUT2D eigenvalue weighted by Gasteiger charge is 2.44. The van der Waals surface area contributed by atoms with Gasteiger partial charge < -0.3 is 4.74 Å². The van der Waals surface area contributed by atoms with Crippen molar-refractivity contribution in [3.8, 4) is 0 Å². The van der Waals surface area contributed by atoms with Gasteiger partial charge in [-0.05, 0) is 62.2 Å². The molecule has 3 saturated carbocycles. The third-order valence-electron chi connectivity index (χ3n) is 6.71. The minimum absolute atomic E-state index is 0.424. The molecule has 0 heterocycles. The fourth-order valence-corrected chi connectivity index (χ4v) is 6.60. The quantitative estimate of drug-likeness (QED) is 0.362. The van der Waals surface area contributed by atoms with Gasteiger partial charge in [-0.3, -0.25) is 0 Å². The zero-order valence-corrected chi connectivity index (χ0v) is 16.8. The first kappa shape index (κ1) is 17.5. The summed E-state index contributed by atoms with van der Waals surface area (Å²) in [6, 6.07) is 0. The molecule has 128 valence electrons. The molecule has 2 heteroatoms. The maximum Gasteiger partial charge on any atom is 0.114 e. The Labute approximate surface area is 151 Å². The van der Waals surface area contributed by atoms with Gasteiger partial charge in [0.05, 0.1) is 0 Å². The van der Waals surface area contributed by atoms with E-state index in [1.807, 2.05) is 0 Å². The van der Waals surface area contributed by atoms with E-state index in [-0.39, 0.29) is 0 Å². The maximum absolute atomic E-state index is 6.37. The van der Waals surface area contributed by atoms with Crippen LogP contribution in [0.2, 0.25) is 0 Å². The second kappa shape index (κ2) is 7.72. The fraction of sp³-hybridized carbons (Fsp3) is 1.00. The number of ether oxygens (including phenoxy) is 1. The van der Waals surface area contributed by atoms with Crippen molar-refractivity contribution in [1.82, 2.24) is 0 Å². The molecule has 3 aliphatic rings. The van der Waals surface area contributed by atoms with Crippen LogP contribution in [0, 0.1) is 29.1 Å². The zero-order valence-electron chi connectivity index (χ0n) is 14.7. The number of hydrogen-bond donors (Lipinski definition) is 0. The number of halogens is 1. The topological polar surface area (TPSA) is 9.23 Å². The van der Waals surface area contributed by atoms with Gasteiger partial charge in [-0.15, -0.1) is 0 Å². The van der Waals surface area contributed by atoms with Crippen LogP contribution in [0.1, 0.15) is 84.5 Å². The molecule has 0 aliphatic heterocycles. The Balaban J connectivity index is 1.45. The van der Waals surface area contributed by atoms with Gasteiger partial charge in [0.1, 0.15) is 4.11 Å². The van der Waals surface area contributed by atoms with E-state index in [0.29, 0.717) is 9.53 Å². The number of fused-ring (bicyclic) bond motifs is 2. The standard InChI is InChI=1S/C20H35IO/c1-15-10-17-12-18(11-15)14-20(2,13-17)19(21)22-9-8-16-6-4-3-5-7-16/h15-19H,3-14H2,1-2H3. The average Bonchev–Trinajstić information content (AvgIpc) is 2.46. The lowest BCUT2D eigenvalue weighted by Crippen LogP contribution is -2.42. The Morgan fingerprint density at radius 3 is 2.32 bits per heavy atom. The fourth-order valence-electron chi connectivity index (χ4n) is 5.83. The molecule has 3 atom stereocenters. The lowest BCUT2D eigenvalue weighted by molar-refractivity contribution is -0.0364. The minimum Gasteiger partial charge on any atom is -0.367 e. The monoisotopic (exact) mass is 418 g/mol. The minimum atomic E-state index is 0.424. The predicted molar refractivity (Wildman–Crippen MR) is 102 cm³/mol. The number of rotatable bonds is 5. The summed E-state index contributed by atoms with van der Waals surface area (Å²) in [5, 5.41) is 0. The third-order valence-corrected chi connectivity index (χ3v) is 8.57. The van der Waals surface area contributed by atoms with Crippen molar-refractivity contribution in [1.29, 1.82) is 0 Å². The van der Waals surface area contributed by atoms with E-state index in [4.69, 9.17) is 4.74 Å². The van der Waals surface area contributed by atoms with Crippen LogP contribution >= 0.6 is 22.6 Å². The van der Waals surface area contributed by atoms with Crippen LogP contribution < -0.4 is 0 Å². The van der Waals surface area contributed by atoms with E-state index in [2.05, 4.69) is 36.4 Å². The van der Waals surface area contributed by atoms with Crippen molar-refractivity contribution in [2.24, 2.45) is 29.1 Å². The highest BCUT2D eigenvalue weighted by atomic mass is 127. The Kier molecular flexibility index (Phi) is 6.14. The van der Waals surface area contributed by atoms with Crippen LogP contribution in [0.4, 0.5) is 0 Å². The molecule has 0 aromatic rings. The average molecular weight is 418 g/mol. The molecule has 22 heavy (non-hydrogen) atoms. The van der Waals surface area contributed by atoms with E-state index >= 15 is 0 Å². The molecule has 2 bridgehead atoms. The van der Waals surface area contributed by atoms with Crippen molar-refractivity contribution in [2.75, 3.05) is 6.61 Å². The van der Waals surface area contributed by atoms with E-state index < -0.39 is 0 Å². The summed E-state index contributed by atoms with van der Waals surface area (Å²) in [5.41, 5.74) is 0.431. The molecule has 0 N–H and O–H groups in total. The highest BCUT2D eigenvalue weighted by Crippen LogP contribution is 2.53. The van der Waals surface area contributed by atoms with Gasteiger partial charge in [0.2, 0.25) is 0 Å². The summed E-state index contributed by atoms with van der Waals surface area (Å²) in [4.78, 5) is 0. The van der Waals surface area contributed by atoms with E-state index in [0.717, 1.165) is 30.3 Å². The highest BCUT2D eigenvalue weighted by molar-refractivity contribution is 14.1. The van der Waals surface area contributed by atoms with Crippen molar-refractivity contribution >= 4 is 22.6 Å². The number of hydrogen-bond acceptors (Lipinski definition) is 1. The van der Waals surface area contributed by atoms with Gasteiger partial charge in [0.25, 0.3) is 0 Å². The molecule has 3 unspecified atom stereocenters. The second-order valence-corrected chi connectivity index (χ2v) is 10.2. The number of alkyl halides is 1. The predicted octanol–water partition coefficient (Wildman–Crippen LogP) is 6.59. The Bertz CT molecular complexity index is 332. The summed E-state index contributed by atoms with van der Waals surface area (Å²) in [7, 11) is 0. The van der Waals surface area contributed by atoms with E-state index in [9.17, 15) is 0 Å². The van der Waals surface area contributed by atoms with Crippen LogP contribution in [0.15, 0.2) is 0 Å². The van der Waals surface area contributed by atoms with Crippen LogP contribution in [0.25, 0.3) is 0 Å². The van der Waals surface area contributed by atoms with Gasteiger partial charge in [0.15, 0.2) is 0 Å². The Morgan fingerprint density at radius 2 is 1.68 bits per heavy atom. The molecule has 0 radical (unpaired) electrons. The summed E-state index contributed by atoms with van der Waals surface area (Å²) < 4.78 is 6.79. The second-order valence-electron chi connectivity index (χ2n) is 9.09. The lowest BCUT2D eigenvalue weighted by Gasteiger charge is -2.49. The smallest absolute Gasteiger partial charge is 0.114 e. The van der Waals surface area contributed by atoms with Crippen molar-refractivity contribution in [3.63, 3.8) is 0 Å². The molecule has 0 saturated heterocycles. The molecule has 3 fully saturated rings. The first-order valence-corrected chi connectivity index (χ1v) is 11.1. The first-order valence-electron chi connectivity index (χ1n) is 9.81. The summed E-state index contributed by atoms with van der Waals surface area (Å²) in [6.45, 7) is 5.98. The van der Waals surface area contributed by atoms with Crippen LogP contribution in [-0.4, -0.2) is 10.7 Å². The van der Waals surface area contributed by atoms with Gasteiger partial charge in [-0.25, -0.2) is 0 Å². The van der Waals surface area contributed by atoms with Crippen molar-refractivity contribution in [3.05, 3.63) is 0 Å². The largest absolute Gasteiger partial charge is 0.367 e. The normalized spacial score (nSPS) is 41.3. The zero-order chi connectivity index (χ0) is 15.6. The third kappa shape index (κ3) is 4.40. The Morgan fingerprint density at radius 1 is 1.05 bits per heavy atom. The SMILES string of the molecule is CC1CC2CC(C1)CC(C)(C(I)OCCC1CCCCC1)C2. The lowest BCUT2D eigenvalue weighted by atomic mass is 9.60. The van der Waals surface area contributed by atoms with E-state index in [1.165, 1.54) is 70.6 Å². The Hall–Kier alpha value is 0.690. The molecule has 0 aromatic heterocycles. The van der Waals surface area contributed by atoms with Gasteiger partial charge >= 0.3 is 0 Å². The molecule has 1 nitrogen and oxygen atoms in total. The summed E-state index contributed by atoms with van der Waals surface area (Å²) in [6.07, 6.45) is 15.8. The van der Waals surface area contributed by atoms with Crippen LogP contribution in [0.5, 0.6) is 0 Å². The summed E-state index contributed by atoms with van der Waals surface area (Å²) in [5.74, 6) is 3.88. The van der Waals surface area contributed by atoms with Gasteiger partial charge in [0, 0.05) is 12.0 Å².